The van der Waals surface area contributed by atoms with Crippen LogP contribution in [0.5, 0.6) is 0 Å². The highest BCUT2D eigenvalue weighted by Crippen LogP contribution is 2.38. The van der Waals surface area contributed by atoms with E-state index in [9.17, 15) is 0 Å². The van der Waals surface area contributed by atoms with Gasteiger partial charge in [-0.1, -0.05) is 43.5 Å². The first-order valence-corrected chi connectivity index (χ1v) is 7.85. The third-order valence-corrected chi connectivity index (χ3v) is 4.62. The molecule has 3 aromatic carbocycles. The molecule has 0 saturated carbocycles. The average molecular weight is 310 g/mol. The molecular formula is C22H14O2. The minimum absolute atomic E-state index is 0.754. The number of para-hydroxylation sites is 1. The molecule has 0 aliphatic rings. The number of hydrogen-bond acceptors (Lipinski definition) is 2. The minimum atomic E-state index is 0.754. The Hall–Kier alpha value is -3.26. The summed E-state index contributed by atoms with van der Waals surface area (Å²) in [6, 6.07) is 16.5. The quantitative estimate of drug-likeness (QED) is 0.359. The molecule has 0 aliphatic carbocycles. The SMILES string of the molecule is C=Cc1oc2ccc3cc4oc5ccccc5c4cc3c2c1C=C. The molecule has 2 heteroatoms. The Morgan fingerprint density at radius 2 is 1.58 bits per heavy atom. The molecule has 114 valence electrons. The molecule has 0 amide bonds. The molecular weight excluding hydrogens is 296 g/mol. The van der Waals surface area contributed by atoms with E-state index in [2.05, 4.69) is 37.4 Å². The second-order valence-corrected chi connectivity index (χ2v) is 5.89. The van der Waals surface area contributed by atoms with Crippen molar-refractivity contribution in [1.29, 1.82) is 0 Å². The molecule has 5 aromatic rings. The molecule has 24 heavy (non-hydrogen) atoms. The van der Waals surface area contributed by atoms with E-state index in [-0.39, 0.29) is 0 Å². The minimum Gasteiger partial charge on any atom is -0.456 e. The smallest absolute Gasteiger partial charge is 0.136 e. The van der Waals surface area contributed by atoms with Crippen LogP contribution in [0.3, 0.4) is 0 Å². The van der Waals surface area contributed by atoms with Gasteiger partial charge < -0.3 is 8.83 Å². The number of rotatable bonds is 2. The third-order valence-electron chi connectivity index (χ3n) is 4.62. The lowest BCUT2D eigenvalue weighted by atomic mass is 10.00. The monoisotopic (exact) mass is 310 g/mol. The molecule has 2 aromatic heterocycles. The van der Waals surface area contributed by atoms with E-state index < -0.39 is 0 Å². The number of fused-ring (bicyclic) bond motifs is 6. The fourth-order valence-corrected chi connectivity index (χ4v) is 3.54. The Morgan fingerprint density at radius 3 is 2.42 bits per heavy atom. The van der Waals surface area contributed by atoms with Crippen molar-refractivity contribution in [1.82, 2.24) is 0 Å². The summed E-state index contributed by atoms with van der Waals surface area (Å²) in [5, 5.41) is 5.57. The summed E-state index contributed by atoms with van der Waals surface area (Å²) in [6.45, 7) is 7.79. The maximum absolute atomic E-state index is 6.00. The van der Waals surface area contributed by atoms with Gasteiger partial charge >= 0.3 is 0 Å². The fourth-order valence-electron chi connectivity index (χ4n) is 3.54. The normalized spacial score (nSPS) is 11.7. The second kappa shape index (κ2) is 4.62. The summed E-state index contributed by atoms with van der Waals surface area (Å²) in [7, 11) is 0. The van der Waals surface area contributed by atoms with Gasteiger partial charge in [-0.25, -0.2) is 0 Å². The third kappa shape index (κ3) is 1.60. The van der Waals surface area contributed by atoms with Crippen LogP contribution in [0.2, 0.25) is 0 Å². The van der Waals surface area contributed by atoms with Crippen molar-refractivity contribution in [3.05, 3.63) is 73.0 Å². The van der Waals surface area contributed by atoms with Crippen LogP contribution in [0.4, 0.5) is 0 Å². The fraction of sp³-hybridized carbons (Fsp3) is 0. The Bertz CT molecular complexity index is 1280. The van der Waals surface area contributed by atoms with E-state index in [1.165, 1.54) is 0 Å². The van der Waals surface area contributed by atoms with E-state index in [0.717, 1.165) is 55.0 Å². The van der Waals surface area contributed by atoms with Crippen LogP contribution in [-0.2, 0) is 0 Å². The molecule has 0 aliphatic heterocycles. The van der Waals surface area contributed by atoms with Gasteiger partial charge in [-0.3, -0.25) is 0 Å². The van der Waals surface area contributed by atoms with E-state index in [1.807, 2.05) is 30.3 Å². The summed E-state index contributed by atoms with van der Waals surface area (Å²) in [6.07, 6.45) is 3.56. The molecule has 5 rings (SSSR count). The topological polar surface area (TPSA) is 26.3 Å². The first-order chi connectivity index (χ1) is 11.8. The van der Waals surface area contributed by atoms with Crippen molar-refractivity contribution >= 4 is 55.8 Å². The molecule has 0 fully saturated rings. The summed E-state index contributed by atoms with van der Waals surface area (Å²) >= 11 is 0. The zero-order valence-corrected chi connectivity index (χ0v) is 13.0. The maximum atomic E-state index is 6.00. The molecule has 0 bridgehead atoms. The maximum Gasteiger partial charge on any atom is 0.136 e. The van der Waals surface area contributed by atoms with Crippen molar-refractivity contribution < 1.29 is 8.83 Å². The molecule has 2 heterocycles. The predicted molar refractivity (Wildman–Crippen MR) is 101 cm³/mol. The van der Waals surface area contributed by atoms with Crippen molar-refractivity contribution in [2.24, 2.45) is 0 Å². The molecule has 0 radical (unpaired) electrons. The highest BCUT2D eigenvalue weighted by atomic mass is 16.3. The number of hydrogen-bond donors (Lipinski definition) is 0. The van der Waals surface area contributed by atoms with Crippen LogP contribution in [0.25, 0.3) is 55.8 Å². The number of furan rings is 2. The van der Waals surface area contributed by atoms with Crippen LogP contribution in [0, 0.1) is 0 Å². The van der Waals surface area contributed by atoms with Crippen LogP contribution in [0.1, 0.15) is 11.3 Å². The van der Waals surface area contributed by atoms with E-state index in [4.69, 9.17) is 8.83 Å². The van der Waals surface area contributed by atoms with Gasteiger partial charge in [-0.2, -0.15) is 0 Å². The Morgan fingerprint density at radius 1 is 0.708 bits per heavy atom. The van der Waals surface area contributed by atoms with Gasteiger partial charge in [0.25, 0.3) is 0 Å². The van der Waals surface area contributed by atoms with Crippen LogP contribution >= 0.6 is 0 Å². The first-order valence-electron chi connectivity index (χ1n) is 7.85. The second-order valence-electron chi connectivity index (χ2n) is 5.89. The molecule has 2 nitrogen and oxygen atoms in total. The Kier molecular flexibility index (Phi) is 2.54. The largest absolute Gasteiger partial charge is 0.456 e. The highest BCUT2D eigenvalue weighted by Gasteiger charge is 2.15. The van der Waals surface area contributed by atoms with E-state index in [1.54, 1.807) is 6.08 Å². The predicted octanol–water partition coefficient (Wildman–Crippen LogP) is 6.77. The lowest BCUT2D eigenvalue weighted by molar-refractivity contribution is 0.604. The number of benzene rings is 3. The molecule has 0 atom stereocenters. The van der Waals surface area contributed by atoms with Gasteiger partial charge in [0.15, 0.2) is 0 Å². The van der Waals surface area contributed by atoms with Crippen molar-refractivity contribution in [2.45, 2.75) is 0 Å². The highest BCUT2D eigenvalue weighted by molar-refractivity contribution is 6.17. The van der Waals surface area contributed by atoms with Gasteiger partial charge in [0.05, 0.1) is 0 Å². The van der Waals surface area contributed by atoms with Gasteiger partial charge in [0.1, 0.15) is 22.5 Å². The Balaban J connectivity index is 2.04. The molecule has 0 N–H and O–H groups in total. The summed E-state index contributed by atoms with van der Waals surface area (Å²) in [5.74, 6) is 0.754. The summed E-state index contributed by atoms with van der Waals surface area (Å²) in [4.78, 5) is 0. The molecule has 0 unspecified atom stereocenters. The van der Waals surface area contributed by atoms with Gasteiger partial charge in [0, 0.05) is 21.7 Å². The summed E-state index contributed by atoms with van der Waals surface area (Å²) in [5.41, 5.74) is 3.63. The lowest BCUT2D eigenvalue weighted by Gasteiger charge is -2.01. The van der Waals surface area contributed by atoms with Crippen LogP contribution in [0.15, 0.2) is 70.5 Å². The standard InChI is InChI=1S/C22H14O2/c1-3-14-18(4-2)23-20-10-9-13-11-21-17(12-16(13)22(14)20)15-7-5-6-8-19(15)24-21/h3-12H,1-2H2. The zero-order valence-electron chi connectivity index (χ0n) is 13.0. The summed E-state index contributed by atoms with van der Waals surface area (Å²) < 4.78 is 11.9. The molecule has 0 spiro atoms. The van der Waals surface area contributed by atoms with E-state index >= 15 is 0 Å². The van der Waals surface area contributed by atoms with Crippen molar-refractivity contribution in [2.75, 3.05) is 0 Å². The lowest BCUT2D eigenvalue weighted by Crippen LogP contribution is -1.78. The van der Waals surface area contributed by atoms with Gasteiger partial charge in [-0.05, 0) is 41.1 Å². The first kappa shape index (κ1) is 13.2. The van der Waals surface area contributed by atoms with Gasteiger partial charge in [0.2, 0.25) is 0 Å². The average Bonchev–Trinajstić information content (AvgIpc) is 3.17. The van der Waals surface area contributed by atoms with Crippen molar-refractivity contribution in [3.8, 4) is 0 Å². The Labute approximate surface area is 138 Å². The van der Waals surface area contributed by atoms with Gasteiger partial charge in [-0.15, -0.1) is 0 Å². The zero-order chi connectivity index (χ0) is 16.3. The van der Waals surface area contributed by atoms with Crippen molar-refractivity contribution in [3.63, 3.8) is 0 Å². The van der Waals surface area contributed by atoms with Crippen LogP contribution in [-0.4, -0.2) is 0 Å². The van der Waals surface area contributed by atoms with E-state index in [0.29, 0.717) is 0 Å². The van der Waals surface area contributed by atoms with Crippen LogP contribution < -0.4 is 0 Å². The molecule has 0 saturated heterocycles.